The molecule has 1 rings (SSSR count). The first-order chi connectivity index (χ1) is 7.15. The van der Waals surface area contributed by atoms with Crippen molar-refractivity contribution in [3.05, 3.63) is 27.9 Å². The van der Waals surface area contributed by atoms with Crippen LogP contribution >= 0.6 is 0 Å². The van der Waals surface area contributed by atoms with Crippen LogP contribution < -0.4 is 5.32 Å². The normalized spacial score (nSPS) is 9.33. The molecule has 0 aliphatic heterocycles. The number of hydrogen-bond donors (Lipinski definition) is 1. The molecule has 1 heterocycles. The summed E-state index contributed by atoms with van der Waals surface area (Å²) in [5.74, 6) is 2.94. The molecule has 0 aromatic carbocycles. The Labute approximate surface area is 87.7 Å². The van der Waals surface area contributed by atoms with Gasteiger partial charge in [-0.05, 0) is 6.92 Å². The molecule has 0 aliphatic carbocycles. The highest BCUT2D eigenvalue weighted by atomic mass is 16.6. The van der Waals surface area contributed by atoms with E-state index in [0.29, 0.717) is 24.3 Å². The van der Waals surface area contributed by atoms with E-state index in [2.05, 4.69) is 16.2 Å². The minimum absolute atomic E-state index is 0.0632. The minimum atomic E-state index is -0.427. The van der Waals surface area contributed by atoms with E-state index in [0.717, 1.165) is 0 Å². The number of nitrogens with zero attached hydrogens (tertiary/aromatic N) is 2. The van der Waals surface area contributed by atoms with Crippen LogP contribution in [0.5, 0.6) is 0 Å². The number of terminal acetylenes is 1. The lowest BCUT2D eigenvalue weighted by Crippen LogP contribution is -2.03. The van der Waals surface area contributed by atoms with Gasteiger partial charge >= 0.3 is 0 Å². The van der Waals surface area contributed by atoms with Crippen LogP contribution in [0.4, 0.5) is 11.5 Å². The van der Waals surface area contributed by atoms with Crippen LogP contribution in [0.15, 0.2) is 12.3 Å². The average molecular weight is 205 g/mol. The Kier molecular flexibility index (Phi) is 3.63. The van der Waals surface area contributed by atoms with Crippen LogP contribution in [0.1, 0.15) is 12.0 Å². The molecule has 0 spiro atoms. The second-order valence-corrected chi connectivity index (χ2v) is 2.99. The Bertz CT molecular complexity index is 410. The number of nitro groups is 1. The van der Waals surface area contributed by atoms with Crippen molar-refractivity contribution in [1.29, 1.82) is 0 Å². The average Bonchev–Trinajstić information content (AvgIpc) is 2.20. The monoisotopic (exact) mass is 205 g/mol. The molecule has 1 N–H and O–H groups in total. The lowest BCUT2D eigenvalue weighted by molar-refractivity contribution is -0.385. The van der Waals surface area contributed by atoms with E-state index < -0.39 is 4.92 Å². The van der Waals surface area contributed by atoms with Crippen molar-refractivity contribution in [2.75, 3.05) is 11.9 Å². The summed E-state index contributed by atoms with van der Waals surface area (Å²) in [5, 5.41) is 13.5. The maximum atomic E-state index is 10.6. The third kappa shape index (κ3) is 2.95. The van der Waals surface area contributed by atoms with Gasteiger partial charge < -0.3 is 5.32 Å². The van der Waals surface area contributed by atoms with Gasteiger partial charge in [0.15, 0.2) is 0 Å². The summed E-state index contributed by atoms with van der Waals surface area (Å²) < 4.78 is 0. The first-order valence-corrected chi connectivity index (χ1v) is 4.43. The molecule has 0 saturated carbocycles. The van der Waals surface area contributed by atoms with Crippen LogP contribution in [0.2, 0.25) is 0 Å². The van der Waals surface area contributed by atoms with Gasteiger partial charge in [0.2, 0.25) is 0 Å². The van der Waals surface area contributed by atoms with Crippen molar-refractivity contribution in [3.8, 4) is 12.3 Å². The van der Waals surface area contributed by atoms with Gasteiger partial charge in [0.1, 0.15) is 5.82 Å². The van der Waals surface area contributed by atoms with Crippen LogP contribution in [-0.4, -0.2) is 16.5 Å². The van der Waals surface area contributed by atoms with Gasteiger partial charge in [-0.25, -0.2) is 4.98 Å². The SMILES string of the molecule is C#CCCNc1cc([N+](=O)[O-])c(C)cn1. The molecule has 0 radical (unpaired) electrons. The number of aromatic nitrogens is 1. The van der Waals surface area contributed by atoms with E-state index in [4.69, 9.17) is 6.42 Å². The summed E-state index contributed by atoms with van der Waals surface area (Å²) in [6, 6.07) is 1.41. The summed E-state index contributed by atoms with van der Waals surface area (Å²) >= 11 is 0. The van der Waals surface area contributed by atoms with Crippen molar-refractivity contribution in [2.45, 2.75) is 13.3 Å². The molecule has 0 saturated heterocycles. The highest BCUT2D eigenvalue weighted by Crippen LogP contribution is 2.19. The van der Waals surface area contributed by atoms with Gasteiger partial charge in [-0.3, -0.25) is 10.1 Å². The van der Waals surface area contributed by atoms with Gasteiger partial charge in [0.25, 0.3) is 5.69 Å². The second kappa shape index (κ2) is 4.96. The molecular formula is C10H11N3O2. The molecular weight excluding hydrogens is 194 g/mol. The quantitative estimate of drug-likeness (QED) is 0.352. The molecule has 1 aromatic heterocycles. The second-order valence-electron chi connectivity index (χ2n) is 2.99. The molecule has 0 atom stereocenters. The summed E-state index contributed by atoms with van der Waals surface area (Å²) in [7, 11) is 0. The zero-order valence-corrected chi connectivity index (χ0v) is 8.36. The summed E-state index contributed by atoms with van der Waals surface area (Å²) in [6.45, 7) is 2.21. The molecule has 0 bridgehead atoms. The van der Waals surface area contributed by atoms with Gasteiger partial charge in [-0.2, -0.15) is 0 Å². The fourth-order valence-electron chi connectivity index (χ4n) is 1.07. The Balaban J connectivity index is 2.79. The van der Waals surface area contributed by atoms with E-state index in [1.165, 1.54) is 12.3 Å². The van der Waals surface area contributed by atoms with Gasteiger partial charge in [-0.15, -0.1) is 12.3 Å². The van der Waals surface area contributed by atoms with Crippen molar-refractivity contribution in [1.82, 2.24) is 4.98 Å². The van der Waals surface area contributed by atoms with Crippen LogP contribution in [0, 0.1) is 29.4 Å². The van der Waals surface area contributed by atoms with E-state index >= 15 is 0 Å². The number of nitrogens with one attached hydrogen (secondary N) is 1. The number of aryl methyl sites for hydroxylation is 1. The van der Waals surface area contributed by atoms with Crippen molar-refractivity contribution >= 4 is 11.5 Å². The third-order valence-corrected chi connectivity index (χ3v) is 1.85. The molecule has 0 amide bonds. The lowest BCUT2D eigenvalue weighted by Gasteiger charge is -2.03. The zero-order valence-electron chi connectivity index (χ0n) is 8.36. The van der Waals surface area contributed by atoms with E-state index in [1.807, 2.05) is 0 Å². The minimum Gasteiger partial charge on any atom is -0.369 e. The zero-order chi connectivity index (χ0) is 11.3. The first-order valence-electron chi connectivity index (χ1n) is 4.43. The van der Waals surface area contributed by atoms with E-state index in [1.54, 1.807) is 6.92 Å². The van der Waals surface area contributed by atoms with Crippen molar-refractivity contribution in [2.24, 2.45) is 0 Å². The predicted molar refractivity (Wildman–Crippen MR) is 57.6 cm³/mol. The molecule has 5 nitrogen and oxygen atoms in total. The van der Waals surface area contributed by atoms with Crippen LogP contribution in [-0.2, 0) is 0 Å². The first kappa shape index (κ1) is 11.0. The Morgan fingerprint density at radius 2 is 2.47 bits per heavy atom. The van der Waals surface area contributed by atoms with E-state index in [-0.39, 0.29) is 5.69 Å². The Morgan fingerprint density at radius 3 is 3.07 bits per heavy atom. The lowest BCUT2D eigenvalue weighted by atomic mass is 10.2. The number of anilines is 1. The summed E-state index contributed by atoms with van der Waals surface area (Å²) in [6.07, 6.45) is 7.10. The van der Waals surface area contributed by atoms with Crippen LogP contribution in [0.25, 0.3) is 0 Å². The third-order valence-electron chi connectivity index (χ3n) is 1.85. The largest absolute Gasteiger partial charge is 0.369 e. The number of hydrogen-bond acceptors (Lipinski definition) is 4. The van der Waals surface area contributed by atoms with E-state index in [9.17, 15) is 10.1 Å². The number of rotatable bonds is 4. The molecule has 0 aliphatic rings. The smallest absolute Gasteiger partial charge is 0.277 e. The molecule has 15 heavy (non-hydrogen) atoms. The summed E-state index contributed by atoms with van der Waals surface area (Å²) in [5.41, 5.74) is 0.607. The van der Waals surface area contributed by atoms with Crippen molar-refractivity contribution < 1.29 is 4.92 Å². The van der Waals surface area contributed by atoms with Crippen LogP contribution in [0.3, 0.4) is 0 Å². The fraction of sp³-hybridized carbons (Fsp3) is 0.300. The van der Waals surface area contributed by atoms with Crippen molar-refractivity contribution in [3.63, 3.8) is 0 Å². The van der Waals surface area contributed by atoms with Gasteiger partial charge in [-0.1, -0.05) is 0 Å². The topological polar surface area (TPSA) is 68.1 Å². The molecule has 78 valence electrons. The molecule has 0 unspecified atom stereocenters. The van der Waals surface area contributed by atoms with Gasteiger partial charge in [0, 0.05) is 24.7 Å². The molecule has 1 aromatic rings. The number of pyridine rings is 1. The molecule has 5 heteroatoms. The Morgan fingerprint density at radius 1 is 1.73 bits per heavy atom. The summed E-state index contributed by atoms with van der Waals surface area (Å²) in [4.78, 5) is 14.2. The highest BCUT2D eigenvalue weighted by molar-refractivity contribution is 5.48. The molecule has 0 fully saturated rings. The predicted octanol–water partition coefficient (Wildman–Crippen LogP) is 1.73. The highest BCUT2D eigenvalue weighted by Gasteiger charge is 2.11. The standard InChI is InChI=1S/C10H11N3O2/c1-3-4-5-11-10-6-9(13(14)15)8(2)7-12-10/h1,6-7H,4-5H2,2H3,(H,11,12). The maximum absolute atomic E-state index is 10.6. The Hall–Kier alpha value is -2.09. The maximum Gasteiger partial charge on any atom is 0.277 e. The van der Waals surface area contributed by atoms with Gasteiger partial charge in [0.05, 0.1) is 11.0 Å². The fourth-order valence-corrected chi connectivity index (χ4v) is 1.07.